The van der Waals surface area contributed by atoms with Crippen LogP contribution in [-0.2, 0) is 0 Å². The maximum absolute atomic E-state index is 13.2. The first-order valence-electron chi connectivity index (χ1n) is 6.02. The van der Waals surface area contributed by atoms with Crippen molar-refractivity contribution in [1.82, 2.24) is 10.2 Å². The zero-order valence-electron chi connectivity index (χ0n) is 10.1. The van der Waals surface area contributed by atoms with Gasteiger partial charge in [-0.2, -0.15) is 0 Å². The Bertz CT molecular complexity index is 372. The second-order valence-corrected chi connectivity index (χ2v) is 4.60. The third-order valence-electron chi connectivity index (χ3n) is 3.29. The lowest BCUT2D eigenvalue weighted by Crippen LogP contribution is -2.33. The molecule has 0 bridgehead atoms. The third kappa shape index (κ3) is 3.25. The van der Waals surface area contributed by atoms with Gasteiger partial charge < -0.3 is 10.4 Å². The van der Waals surface area contributed by atoms with E-state index in [9.17, 15) is 9.50 Å². The Morgan fingerprint density at radius 1 is 1.59 bits per heavy atom. The van der Waals surface area contributed by atoms with E-state index in [0.29, 0.717) is 6.54 Å². The number of benzene rings is 1. The van der Waals surface area contributed by atoms with Crippen molar-refractivity contribution in [1.29, 1.82) is 0 Å². The van der Waals surface area contributed by atoms with Crippen molar-refractivity contribution in [2.45, 2.75) is 18.6 Å². The van der Waals surface area contributed by atoms with Gasteiger partial charge in [0.2, 0.25) is 0 Å². The Kier molecular flexibility index (Phi) is 4.10. The van der Waals surface area contributed by atoms with E-state index in [2.05, 4.69) is 10.2 Å². The van der Waals surface area contributed by atoms with Gasteiger partial charge >= 0.3 is 0 Å². The van der Waals surface area contributed by atoms with Crippen LogP contribution >= 0.6 is 0 Å². The Hall–Kier alpha value is -0.970. The standard InChI is InChI=1S/C13H19FN2O/c1-15-13(9-16-6-5-12(17)8-16)10-3-2-4-11(14)7-10/h2-4,7,12-13,15,17H,5-6,8-9H2,1H3/t12-,13-/m0/s1. The number of nitrogens with zero attached hydrogens (tertiary/aromatic N) is 1. The summed E-state index contributed by atoms with van der Waals surface area (Å²) in [5.74, 6) is -0.204. The summed E-state index contributed by atoms with van der Waals surface area (Å²) in [6, 6.07) is 6.78. The van der Waals surface area contributed by atoms with Gasteiger partial charge in [0, 0.05) is 25.7 Å². The Balaban J connectivity index is 2.01. The van der Waals surface area contributed by atoms with E-state index in [1.807, 2.05) is 13.1 Å². The first-order valence-corrected chi connectivity index (χ1v) is 6.02. The molecule has 2 N–H and O–H groups in total. The van der Waals surface area contributed by atoms with E-state index in [0.717, 1.165) is 25.1 Å². The maximum atomic E-state index is 13.2. The van der Waals surface area contributed by atoms with Crippen LogP contribution in [-0.4, -0.2) is 42.8 Å². The van der Waals surface area contributed by atoms with Crippen molar-refractivity contribution in [2.75, 3.05) is 26.7 Å². The SMILES string of the molecule is CN[C@@H](CN1CC[C@H](O)C1)c1cccc(F)c1. The molecule has 0 aromatic heterocycles. The highest BCUT2D eigenvalue weighted by Gasteiger charge is 2.23. The molecule has 17 heavy (non-hydrogen) atoms. The number of likely N-dealkylation sites (N-methyl/N-ethyl adjacent to an activating group) is 1. The fourth-order valence-corrected chi connectivity index (χ4v) is 2.32. The second kappa shape index (κ2) is 5.58. The summed E-state index contributed by atoms with van der Waals surface area (Å²) < 4.78 is 13.2. The lowest BCUT2D eigenvalue weighted by Gasteiger charge is -2.23. The summed E-state index contributed by atoms with van der Waals surface area (Å²) in [6.45, 7) is 2.43. The molecule has 0 amide bonds. The number of aliphatic hydroxyl groups excluding tert-OH is 1. The molecule has 1 aromatic rings. The molecular weight excluding hydrogens is 219 g/mol. The largest absolute Gasteiger partial charge is 0.392 e. The maximum Gasteiger partial charge on any atom is 0.123 e. The highest BCUT2D eigenvalue weighted by atomic mass is 19.1. The molecule has 3 nitrogen and oxygen atoms in total. The number of halogens is 1. The van der Waals surface area contributed by atoms with Crippen LogP contribution in [0, 0.1) is 5.82 Å². The molecular formula is C13H19FN2O. The van der Waals surface area contributed by atoms with Crippen LogP contribution in [0.5, 0.6) is 0 Å². The molecule has 0 spiro atoms. The van der Waals surface area contributed by atoms with E-state index < -0.39 is 0 Å². The summed E-state index contributed by atoms with van der Waals surface area (Å²) in [5, 5.41) is 12.7. The number of nitrogens with one attached hydrogen (secondary N) is 1. The Morgan fingerprint density at radius 2 is 2.41 bits per heavy atom. The number of likely N-dealkylation sites (tertiary alicyclic amines) is 1. The molecule has 1 aliphatic rings. The average molecular weight is 238 g/mol. The minimum atomic E-state index is -0.208. The molecule has 94 valence electrons. The van der Waals surface area contributed by atoms with Gasteiger partial charge in [-0.25, -0.2) is 4.39 Å². The smallest absolute Gasteiger partial charge is 0.123 e. The van der Waals surface area contributed by atoms with Gasteiger partial charge in [0.15, 0.2) is 0 Å². The molecule has 0 aliphatic carbocycles. The van der Waals surface area contributed by atoms with Gasteiger partial charge in [0.25, 0.3) is 0 Å². The summed E-state index contributed by atoms with van der Waals surface area (Å²) in [7, 11) is 1.88. The predicted octanol–water partition coefficient (Wildman–Crippen LogP) is 1.15. The quantitative estimate of drug-likeness (QED) is 0.826. The Morgan fingerprint density at radius 3 is 3.00 bits per heavy atom. The van der Waals surface area contributed by atoms with Crippen LogP contribution < -0.4 is 5.32 Å². The first-order chi connectivity index (χ1) is 8.19. The van der Waals surface area contributed by atoms with Crippen molar-refractivity contribution >= 4 is 0 Å². The zero-order valence-corrected chi connectivity index (χ0v) is 10.1. The summed E-state index contributed by atoms with van der Waals surface area (Å²) >= 11 is 0. The van der Waals surface area contributed by atoms with Gasteiger partial charge in [-0.15, -0.1) is 0 Å². The predicted molar refractivity (Wildman–Crippen MR) is 65.3 cm³/mol. The van der Waals surface area contributed by atoms with Gasteiger partial charge in [-0.1, -0.05) is 12.1 Å². The van der Waals surface area contributed by atoms with E-state index in [1.54, 1.807) is 12.1 Å². The molecule has 1 aliphatic heterocycles. The van der Waals surface area contributed by atoms with Crippen molar-refractivity contribution < 1.29 is 9.50 Å². The topological polar surface area (TPSA) is 35.5 Å². The van der Waals surface area contributed by atoms with Crippen LogP contribution in [0.2, 0.25) is 0 Å². The summed E-state index contributed by atoms with van der Waals surface area (Å²) in [5.41, 5.74) is 0.953. The molecule has 2 rings (SSSR count). The number of hydrogen-bond acceptors (Lipinski definition) is 3. The molecule has 0 unspecified atom stereocenters. The lowest BCUT2D eigenvalue weighted by molar-refractivity contribution is 0.173. The highest BCUT2D eigenvalue weighted by molar-refractivity contribution is 5.20. The zero-order chi connectivity index (χ0) is 12.3. The van der Waals surface area contributed by atoms with Gasteiger partial charge in [-0.05, 0) is 31.2 Å². The second-order valence-electron chi connectivity index (χ2n) is 4.60. The third-order valence-corrected chi connectivity index (χ3v) is 3.29. The number of β-amino-alcohol motifs (C(OH)–C–C–N with tert-alkyl or cyclic N) is 1. The fraction of sp³-hybridized carbons (Fsp3) is 0.538. The number of hydrogen-bond donors (Lipinski definition) is 2. The van der Waals surface area contributed by atoms with Crippen molar-refractivity contribution in [3.63, 3.8) is 0 Å². The molecule has 1 fully saturated rings. The van der Waals surface area contributed by atoms with E-state index >= 15 is 0 Å². The van der Waals surface area contributed by atoms with Gasteiger partial charge in [0.05, 0.1) is 6.10 Å². The number of aliphatic hydroxyl groups is 1. The minimum absolute atomic E-state index is 0.107. The average Bonchev–Trinajstić information content (AvgIpc) is 2.72. The molecule has 1 heterocycles. The van der Waals surface area contributed by atoms with Crippen LogP contribution in [0.4, 0.5) is 4.39 Å². The highest BCUT2D eigenvalue weighted by Crippen LogP contribution is 2.18. The van der Waals surface area contributed by atoms with Crippen molar-refractivity contribution in [2.24, 2.45) is 0 Å². The Labute approximate surface area is 101 Å². The fourth-order valence-electron chi connectivity index (χ4n) is 2.32. The van der Waals surface area contributed by atoms with E-state index in [-0.39, 0.29) is 18.0 Å². The van der Waals surface area contributed by atoms with Crippen molar-refractivity contribution in [3.8, 4) is 0 Å². The van der Waals surface area contributed by atoms with Crippen LogP contribution in [0.1, 0.15) is 18.0 Å². The minimum Gasteiger partial charge on any atom is -0.392 e. The molecule has 0 saturated carbocycles. The first kappa shape index (κ1) is 12.5. The van der Waals surface area contributed by atoms with Crippen molar-refractivity contribution in [3.05, 3.63) is 35.6 Å². The van der Waals surface area contributed by atoms with Crippen LogP contribution in [0.3, 0.4) is 0 Å². The van der Waals surface area contributed by atoms with E-state index in [1.165, 1.54) is 6.07 Å². The normalized spacial score (nSPS) is 22.9. The van der Waals surface area contributed by atoms with Crippen LogP contribution in [0.15, 0.2) is 24.3 Å². The van der Waals surface area contributed by atoms with E-state index in [4.69, 9.17) is 0 Å². The lowest BCUT2D eigenvalue weighted by atomic mass is 10.1. The van der Waals surface area contributed by atoms with Crippen LogP contribution in [0.25, 0.3) is 0 Å². The van der Waals surface area contributed by atoms with Gasteiger partial charge in [0.1, 0.15) is 5.82 Å². The van der Waals surface area contributed by atoms with Gasteiger partial charge in [-0.3, -0.25) is 4.90 Å². The summed E-state index contributed by atoms with van der Waals surface area (Å²) in [6.07, 6.45) is 0.625. The summed E-state index contributed by atoms with van der Waals surface area (Å²) in [4.78, 5) is 2.21. The molecule has 1 saturated heterocycles. The molecule has 4 heteroatoms. The molecule has 2 atom stereocenters. The monoisotopic (exact) mass is 238 g/mol. The molecule has 0 radical (unpaired) electrons. The molecule has 1 aromatic carbocycles. The number of rotatable bonds is 4.